The fourth-order valence-corrected chi connectivity index (χ4v) is 1.24. The zero-order valence-electron chi connectivity index (χ0n) is 6.86. The van der Waals surface area contributed by atoms with E-state index in [2.05, 4.69) is 10.3 Å². The number of nitrogens with one attached hydrogen (secondary N) is 1. The molecular formula is C7H12N2O2S. The first kappa shape index (κ1) is 9.44. The first-order valence-corrected chi connectivity index (χ1v) is 4.56. The van der Waals surface area contributed by atoms with E-state index in [0.717, 1.165) is 0 Å². The van der Waals surface area contributed by atoms with Crippen molar-refractivity contribution in [1.82, 2.24) is 10.3 Å². The fourth-order valence-electron chi connectivity index (χ4n) is 0.744. The normalized spacial score (nSPS) is 12.8. The molecule has 1 aromatic rings. The highest BCUT2D eigenvalue weighted by Crippen LogP contribution is 2.13. The molecule has 1 atom stereocenters. The summed E-state index contributed by atoms with van der Waals surface area (Å²) in [5.41, 5.74) is 0. The lowest BCUT2D eigenvalue weighted by atomic mass is 10.4. The van der Waals surface area contributed by atoms with Crippen LogP contribution in [0.15, 0.2) is 11.6 Å². The molecule has 12 heavy (non-hydrogen) atoms. The Hall–Kier alpha value is -0.650. The van der Waals surface area contributed by atoms with E-state index < -0.39 is 6.10 Å². The molecule has 0 amide bonds. The molecule has 0 aliphatic carbocycles. The SMILES string of the molecule is CNCC(O)COc1nccs1. The minimum Gasteiger partial charge on any atom is -0.467 e. The van der Waals surface area contributed by atoms with Crippen molar-refractivity contribution in [2.24, 2.45) is 0 Å². The van der Waals surface area contributed by atoms with Gasteiger partial charge in [-0.2, -0.15) is 0 Å². The van der Waals surface area contributed by atoms with Crippen LogP contribution < -0.4 is 10.1 Å². The van der Waals surface area contributed by atoms with Crippen LogP contribution >= 0.6 is 11.3 Å². The Bertz CT molecular complexity index is 203. The predicted octanol–water partition coefficient (Wildman–Crippen LogP) is 0.102. The Morgan fingerprint density at radius 1 is 1.83 bits per heavy atom. The van der Waals surface area contributed by atoms with Gasteiger partial charge in [0.05, 0.1) is 0 Å². The van der Waals surface area contributed by atoms with Crippen molar-refractivity contribution in [3.8, 4) is 5.19 Å². The number of hydrogen-bond acceptors (Lipinski definition) is 5. The molecule has 4 nitrogen and oxygen atoms in total. The zero-order valence-corrected chi connectivity index (χ0v) is 7.67. The van der Waals surface area contributed by atoms with Crippen molar-refractivity contribution in [2.45, 2.75) is 6.10 Å². The number of thiazole rings is 1. The van der Waals surface area contributed by atoms with Gasteiger partial charge in [0.15, 0.2) is 0 Å². The second-order valence-electron chi connectivity index (χ2n) is 2.32. The summed E-state index contributed by atoms with van der Waals surface area (Å²) in [7, 11) is 1.78. The summed E-state index contributed by atoms with van der Waals surface area (Å²) in [5, 5.41) is 14.5. The van der Waals surface area contributed by atoms with Crippen LogP contribution in [0.1, 0.15) is 0 Å². The summed E-state index contributed by atoms with van der Waals surface area (Å²) in [5.74, 6) is 0. The first-order chi connectivity index (χ1) is 5.83. The summed E-state index contributed by atoms with van der Waals surface area (Å²) >= 11 is 1.42. The molecule has 0 saturated carbocycles. The largest absolute Gasteiger partial charge is 0.467 e. The third-order valence-electron chi connectivity index (χ3n) is 1.25. The molecule has 1 heterocycles. The van der Waals surface area contributed by atoms with E-state index in [1.165, 1.54) is 11.3 Å². The van der Waals surface area contributed by atoms with Gasteiger partial charge in [-0.1, -0.05) is 11.3 Å². The van der Waals surface area contributed by atoms with E-state index in [0.29, 0.717) is 11.7 Å². The molecule has 0 saturated heterocycles. The lowest BCUT2D eigenvalue weighted by Crippen LogP contribution is -2.29. The number of aliphatic hydroxyl groups is 1. The number of ether oxygens (including phenoxy) is 1. The molecule has 0 radical (unpaired) electrons. The Morgan fingerprint density at radius 2 is 2.67 bits per heavy atom. The first-order valence-electron chi connectivity index (χ1n) is 3.68. The molecule has 0 bridgehead atoms. The summed E-state index contributed by atoms with van der Waals surface area (Å²) in [6, 6.07) is 0. The molecule has 0 aliphatic heterocycles. The molecule has 68 valence electrons. The van der Waals surface area contributed by atoms with E-state index in [-0.39, 0.29) is 6.61 Å². The van der Waals surface area contributed by atoms with Crippen LogP contribution in [0.3, 0.4) is 0 Å². The summed E-state index contributed by atoms with van der Waals surface area (Å²) in [4.78, 5) is 3.91. The maximum atomic E-state index is 9.24. The van der Waals surface area contributed by atoms with Crippen molar-refractivity contribution < 1.29 is 9.84 Å². The molecule has 0 aromatic carbocycles. The van der Waals surface area contributed by atoms with Gasteiger partial charge >= 0.3 is 0 Å². The molecule has 1 unspecified atom stereocenters. The number of nitrogens with zero attached hydrogens (tertiary/aromatic N) is 1. The van der Waals surface area contributed by atoms with Crippen LogP contribution in [0.25, 0.3) is 0 Å². The van der Waals surface area contributed by atoms with Crippen molar-refractivity contribution >= 4 is 11.3 Å². The second-order valence-corrected chi connectivity index (χ2v) is 3.18. The van der Waals surface area contributed by atoms with Crippen molar-refractivity contribution in [3.05, 3.63) is 11.6 Å². The van der Waals surface area contributed by atoms with Gasteiger partial charge in [-0.3, -0.25) is 0 Å². The Balaban J connectivity index is 2.17. The summed E-state index contributed by atoms with van der Waals surface area (Å²) in [6.45, 7) is 0.819. The van der Waals surface area contributed by atoms with Gasteiger partial charge in [0.2, 0.25) is 0 Å². The van der Waals surface area contributed by atoms with Crippen LogP contribution in [-0.2, 0) is 0 Å². The average Bonchev–Trinajstić information content (AvgIpc) is 2.53. The smallest absolute Gasteiger partial charge is 0.273 e. The van der Waals surface area contributed by atoms with Crippen LogP contribution in [0.4, 0.5) is 0 Å². The maximum absolute atomic E-state index is 9.24. The highest BCUT2D eigenvalue weighted by atomic mass is 32.1. The van der Waals surface area contributed by atoms with Gasteiger partial charge < -0.3 is 15.2 Å². The molecule has 0 aliphatic rings. The highest BCUT2D eigenvalue weighted by Gasteiger charge is 2.03. The Kier molecular flexibility index (Phi) is 3.99. The molecule has 2 N–H and O–H groups in total. The van der Waals surface area contributed by atoms with E-state index in [1.54, 1.807) is 13.2 Å². The zero-order chi connectivity index (χ0) is 8.81. The van der Waals surface area contributed by atoms with Gasteiger partial charge in [0.25, 0.3) is 5.19 Å². The van der Waals surface area contributed by atoms with E-state index in [9.17, 15) is 5.11 Å². The average molecular weight is 188 g/mol. The van der Waals surface area contributed by atoms with Gasteiger partial charge in [0, 0.05) is 18.1 Å². The number of aromatic nitrogens is 1. The molecule has 0 fully saturated rings. The van der Waals surface area contributed by atoms with E-state index >= 15 is 0 Å². The third-order valence-corrected chi connectivity index (χ3v) is 1.93. The fraction of sp³-hybridized carbons (Fsp3) is 0.571. The summed E-state index contributed by atoms with van der Waals surface area (Å²) < 4.78 is 5.18. The van der Waals surface area contributed by atoms with E-state index in [4.69, 9.17) is 4.74 Å². The minimum atomic E-state index is -0.473. The molecule has 1 rings (SSSR count). The van der Waals surface area contributed by atoms with Gasteiger partial charge in [-0.15, -0.1) is 0 Å². The van der Waals surface area contributed by atoms with Crippen molar-refractivity contribution in [1.29, 1.82) is 0 Å². The van der Waals surface area contributed by atoms with Crippen molar-refractivity contribution in [3.63, 3.8) is 0 Å². The minimum absolute atomic E-state index is 0.286. The second kappa shape index (κ2) is 5.08. The molecule has 1 aromatic heterocycles. The third kappa shape index (κ3) is 3.17. The molecular weight excluding hydrogens is 176 g/mol. The molecule has 0 spiro atoms. The highest BCUT2D eigenvalue weighted by molar-refractivity contribution is 7.11. The summed E-state index contributed by atoms with van der Waals surface area (Å²) in [6.07, 6.45) is 1.20. The number of aliphatic hydroxyl groups excluding tert-OH is 1. The van der Waals surface area contributed by atoms with Gasteiger partial charge in [0.1, 0.15) is 12.7 Å². The molecule has 5 heteroatoms. The standard InChI is InChI=1S/C7H12N2O2S/c1-8-4-6(10)5-11-7-9-2-3-12-7/h2-3,6,8,10H,4-5H2,1H3. The van der Waals surface area contributed by atoms with Crippen LogP contribution in [0.2, 0.25) is 0 Å². The van der Waals surface area contributed by atoms with Crippen LogP contribution in [-0.4, -0.2) is 36.4 Å². The van der Waals surface area contributed by atoms with Gasteiger partial charge in [-0.25, -0.2) is 4.98 Å². The number of rotatable bonds is 5. The Labute approximate surface area is 75.2 Å². The quantitative estimate of drug-likeness (QED) is 0.688. The maximum Gasteiger partial charge on any atom is 0.273 e. The monoisotopic (exact) mass is 188 g/mol. The number of likely N-dealkylation sites (N-methyl/N-ethyl adjacent to an activating group) is 1. The van der Waals surface area contributed by atoms with Gasteiger partial charge in [-0.05, 0) is 7.05 Å². The lowest BCUT2D eigenvalue weighted by Gasteiger charge is -2.08. The van der Waals surface area contributed by atoms with Crippen molar-refractivity contribution in [2.75, 3.05) is 20.2 Å². The lowest BCUT2D eigenvalue weighted by molar-refractivity contribution is 0.108. The van der Waals surface area contributed by atoms with Crippen LogP contribution in [0.5, 0.6) is 5.19 Å². The van der Waals surface area contributed by atoms with E-state index in [1.807, 2.05) is 5.38 Å². The predicted molar refractivity (Wildman–Crippen MR) is 47.5 cm³/mol. The van der Waals surface area contributed by atoms with Crippen LogP contribution in [0, 0.1) is 0 Å². The topological polar surface area (TPSA) is 54.4 Å². The number of hydrogen-bond donors (Lipinski definition) is 2. The Morgan fingerprint density at radius 3 is 3.25 bits per heavy atom.